The molecule has 66 valence electrons. The van der Waals surface area contributed by atoms with Gasteiger partial charge < -0.3 is 0 Å². The summed E-state index contributed by atoms with van der Waals surface area (Å²) >= 11 is 4.32. The lowest BCUT2D eigenvalue weighted by Crippen LogP contribution is -1.85. The first-order chi connectivity index (χ1) is 5.77. The molecule has 0 heterocycles. The van der Waals surface area contributed by atoms with Crippen LogP contribution in [-0.2, 0) is 6.42 Å². The van der Waals surface area contributed by atoms with Gasteiger partial charge >= 0.3 is 0 Å². The molecule has 0 aromatic heterocycles. The number of hydrogen-bond acceptors (Lipinski definition) is 1. The number of thioether (sulfide) groups is 1. The third kappa shape index (κ3) is 2.66. The van der Waals surface area contributed by atoms with Crippen LogP contribution in [-0.4, -0.2) is 5.75 Å². The highest BCUT2D eigenvalue weighted by molar-refractivity contribution is 14.1. The summed E-state index contributed by atoms with van der Waals surface area (Å²) in [5.74, 6) is 1.15. The van der Waals surface area contributed by atoms with Gasteiger partial charge in [0, 0.05) is 8.47 Å². The number of rotatable bonds is 3. The van der Waals surface area contributed by atoms with Gasteiger partial charge in [-0.3, -0.25) is 0 Å². The van der Waals surface area contributed by atoms with E-state index in [-0.39, 0.29) is 0 Å². The van der Waals surface area contributed by atoms with Crippen molar-refractivity contribution in [1.82, 2.24) is 0 Å². The number of halogens is 1. The number of hydrogen-bond donors (Lipinski definition) is 0. The predicted molar refractivity (Wildman–Crippen MR) is 64.9 cm³/mol. The molecule has 12 heavy (non-hydrogen) atoms. The summed E-state index contributed by atoms with van der Waals surface area (Å²) in [5, 5.41) is 0. The first-order valence-electron chi connectivity index (χ1n) is 4.19. The number of aryl methyl sites for hydroxylation is 1. The van der Waals surface area contributed by atoms with Crippen molar-refractivity contribution in [2.75, 3.05) is 5.75 Å². The van der Waals surface area contributed by atoms with Crippen LogP contribution in [0.5, 0.6) is 0 Å². The lowest BCUT2D eigenvalue weighted by molar-refractivity contribution is 1.11. The molecule has 0 saturated heterocycles. The van der Waals surface area contributed by atoms with Crippen LogP contribution in [0.25, 0.3) is 0 Å². The minimum atomic E-state index is 1.13. The Hall–Kier alpha value is 0.300. The lowest BCUT2D eigenvalue weighted by Gasteiger charge is -2.03. The fraction of sp³-hybridized carbons (Fsp3) is 0.400. The van der Waals surface area contributed by atoms with Crippen molar-refractivity contribution in [2.24, 2.45) is 0 Å². The van der Waals surface area contributed by atoms with Crippen molar-refractivity contribution in [3.63, 3.8) is 0 Å². The molecule has 0 fully saturated rings. The van der Waals surface area contributed by atoms with Gasteiger partial charge in [-0.15, -0.1) is 11.8 Å². The van der Waals surface area contributed by atoms with E-state index in [1.165, 1.54) is 14.0 Å². The average Bonchev–Trinajstić information content (AvgIpc) is 2.05. The molecule has 0 N–H and O–H groups in total. The second kappa shape index (κ2) is 5.12. The summed E-state index contributed by atoms with van der Waals surface area (Å²) in [5.41, 5.74) is 1.45. The van der Waals surface area contributed by atoms with E-state index < -0.39 is 0 Å². The van der Waals surface area contributed by atoms with Crippen molar-refractivity contribution in [3.05, 3.63) is 27.3 Å². The summed E-state index contributed by atoms with van der Waals surface area (Å²) in [6.45, 7) is 4.38. The van der Waals surface area contributed by atoms with Gasteiger partial charge in [-0.2, -0.15) is 0 Å². The highest BCUT2D eigenvalue weighted by atomic mass is 127. The topological polar surface area (TPSA) is 0 Å². The molecule has 0 bridgehead atoms. The lowest BCUT2D eigenvalue weighted by atomic mass is 10.2. The molecule has 0 saturated carbocycles. The third-order valence-electron chi connectivity index (χ3n) is 1.72. The molecule has 0 aliphatic carbocycles. The van der Waals surface area contributed by atoms with Crippen LogP contribution in [0.3, 0.4) is 0 Å². The minimum absolute atomic E-state index is 1.13. The molecule has 0 amide bonds. The van der Waals surface area contributed by atoms with Crippen LogP contribution < -0.4 is 0 Å². The quantitative estimate of drug-likeness (QED) is 0.600. The van der Waals surface area contributed by atoms with E-state index in [4.69, 9.17) is 0 Å². The normalized spacial score (nSPS) is 10.2. The maximum absolute atomic E-state index is 2.41. The zero-order valence-corrected chi connectivity index (χ0v) is 10.4. The molecule has 0 radical (unpaired) electrons. The molecular weight excluding hydrogens is 279 g/mol. The maximum atomic E-state index is 2.41. The highest BCUT2D eigenvalue weighted by Gasteiger charge is 1.98. The van der Waals surface area contributed by atoms with Gasteiger partial charge in [0.25, 0.3) is 0 Å². The average molecular weight is 292 g/mol. The van der Waals surface area contributed by atoms with E-state index in [1.807, 2.05) is 11.8 Å². The zero-order chi connectivity index (χ0) is 8.97. The SMILES string of the molecule is CCSc1ccc(CC)c(I)c1. The Kier molecular flexibility index (Phi) is 4.43. The van der Waals surface area contributed by atoms with Gasteiger partial charge in [0.1, 0.15) is 0 Å². The Labute approximate surface area is 92.3 Å². The second-order valence-electron chi connectivity index (χ2n) is 2.54. The summed E-state index contributed by atoms with van der Waals surface area (Å²) < 4.78 is 1.40. The van der Waals surface area contributed by atoms with Crippen molar-refractivity contribution in [1.29, 1.82) is 0 Å². The standard InChI is InChI=1S/C10H13IS/c1-3-8-5-6-9(12-4-2)7-10(8)11/h5-7H,3-4H2,1-2H3. The summed E-state index contributed by atoms with van der Waals surface area (Å²) in [4.78, 5) is 1.39. The van der Waals surface area contributed by atoms with Crippen LogP contribution in [0, 0.1) is 3.57 Å². The maximum Gasteiger partial charge on any atom is 0.0173 e. The molecule has 0 aliphatic heterocycles. The molecule has 0 nitrogen and oxygen atoms in total. The Bertz CT molecular complexity index is 258. The predicted octanol–water partition coefficient (Wildman–Crippen LogP) is 3.97. The number of benzene rings is 1. The molecule has 1 aromatic carbocycles. The van der Waals surface area contributed by atoms with Gasteiger partial charge in [0.15, 0.2) is 0 Å². The highest BCUT2D eigenvalue weighted by Crippen LogP contribution is 2.22. The molecule has 2 heteroatoms. The second-order valence-corrected chi connectivity index (χ2v) is 5.04. The van der Waals surface area contributed by atoms with Crippen molar-refractivity contribution in [3.8, 4) is 0 Å². The van der Waals surface area contributed by atoms with E-state index in [1.54, 1.807) is 0 Å². The molecule has 1 rings (SSSR count). The van der Waals surface area contributed by atoms with Gasteiger partial charge in [0.2, 0.25) is 0 Å². The van der Waals surface area contributed by atoms with Crippen molar-refractivity contribution < 1.29 is 0 Å². The zero-order valence-electron chi connectivity index (χ0n) is 7.43. The van der Waals surface area contributed by atoms with Crippen LogP contribution in [0.15, 0.2) is 23.1 Å². The molecule has 0 spiro atoms. The van der Waals surface area contributed by atoms with E-state index in [9.17, 15) is 0 Å². The van der Waals surface area contributed by atoms with Crippen LogP contribution >= 0.6 is 34.4 Å². The Morgan fingerprint density at radius 3 is 2.58 bits per heavy atom. The van der Waals surface area contributed by atoms with Crippen LogP contribution in [0.2, 0.25) is 0 Å². The van der Waals surface area contributed by atoms with Gasteiger partial charge in [-0.25, -0.2) is 0 Å². The largest absolute Gasteiger partial charge is 0.126 e. The summed E-state index contributed by atoms with van der Waals surface area (Å²) in [7, 11) is 0. The van der Waals surface area contributed by atoms with Crippen LogP contribution in [0.4, 0.5) is 0 Å². The first-order valence-corrected chi connectivity index (χ1v) is 6.25. The fourth-order valence-electron chi connectivity index (χ4n) is 1.07. The van der Waals surface area contributed by atoms with E-state index in [0.717, 1.165) is 12.2 Å². The molecule has 1 aromatic rings. The van der Waals surface area contributed by atoms with Crippen LogP contribution in [0.1, 0.15) is 19.4 Å². The van der Waals surface area contributed by atoms with Gasteiger partial charge in [-0.1, -0.05) is 19.9 Å². The van der Waals surface area contributed by atoms with Gasteiger partial charge in [-0.05, 0) is 52.5 Å². The fourth-order valence-corrected chi connectivity index (χ4v) is 2.88. The van der Waals surface area contributed by atoms with E-state index in [0.29, 0.717) is 0 Å². The monoisotopic (exact) mass is 292 g/mol. The summed E-state index contributed by atoms with van der Waals surface area (Å²) in [6, 6.07) is 6.72. The molecule has 0 atom stereocenters. The molecule has 0 unspecified atom stereocenters. The summed E-state index contributed by atoms with van der Waals surface area (Å²) in [6.07, 6.45) is 1.13. The third-order valence-corrected chi connectivity index (χ3v) is 3.60. The van der Waals surface area contributed by atoms with E-state index in [2.05, 4.69) is 54.6 Å². The smallest absolute Gasteiger partial charge is 0.0173 e. The molecular formula is C10H13IS. The Morgan fingerprint density at radius 1 is 1.33 bits per heavy atom. The minimum Gasteiger partial charge on any atom is -0.126 e. The van der Waals surface area contributed by atoms with Crippen molar-refractivity contribution >= 4 is 34.4 Å². The van der Waals surface area contributed by atoms with E-state index >= 15 is 0 Å². The van der Waals surface area contributed by atoms with Crippen molar-refractivity contribution in [2.45, 2.75) is 25.2 Å². The van der Waals surface area contributed by atoms with Gasteiger partial charge in [0.05, 0.1) is 0 Å². The first kappa shape index (κ1) is 10.4. The Balaban J connectivity index is 2.86. The Morgan fingerprint density at radius 2 is 2.08 bits per heavy atom. The molecule has 0 aliphatic rings.